The lowest BCUT2D eigenvalue weighted by atomic mass is 10.2. The number of nitrogens with zero attached hydrogens (tertiary/aromatic N) is 1. The minimum atomic E-state index is -3.96. The van der Waals surface area contributed by atoms with Crippen molar-refractivity contribution in [2.24, 2.45) is 0 Å². The van der Waals surface area contributed by atoms with Crippen molar-refractivity contribution in [1.82, 2.24) is 0 Å². The number of anilines is 2. The van der Waals surface area contributed by atoms with E-state index in [1.54, 1.807) is 0 Å². The molecule has 3 N–H and O–H groups in total. The summed E-state index contributed by atoms with van der Waals surface area (Å²) in [6.45, 7) is 0.917. The van der Waals surface area contributed by atoms with E-state index in [-0.39, 0.29) is 22.0 Å². The molecule has 0 amide bonds. The molecule has 2 aromatic carbocycles. The molecule has 0 saturated heterocycles. The highest BCUT2D eigenvalue weighted by Crippen LogP contribution is 2.33. The molecule has 0 fully saturated rings. The molecular formula is C15H15N3O6S. The van der Waals surface area contributed by atoms with Crippen molar-refractivity contribution in [3.05, 3.63) is 46.5 Å². The summed E-state index contributed by atoms with van der Waals surface area (Å²) in [6, 6.07) is 7.93. The third-order valence-electron chi connectivity index (χ3n) is 3.51. The molecule has 0 unspecified atom stereocenters. The molecule has 9 nitrogen and oxygen atoms in total. The molecule has 132 valence electrons. The maximum absolute atomic E-state index is 12.5. The summed E-state index contributed by atoms with van der Waals surface area (Å²) in [6.07, 6.45) is 0.699. The van der Waals surface area contributed by atoms with Crippen molar-refractivity contribution >= 4 is 27.1 Å². The number of nitrogen functional groups attached to an aromatic ring is 1. The summed E-state index contributed by atoms with van der Waals surface area (Å²) >= 11 is 0. The van der Waals surface area contributed by atoms with E-state index in [1.807, 2.05) is 0 Å². The van der Waals surface area contributed by atoms with Crippen LogP contribution in [0.5, 0.6) is 11.5 Å². The minimum absolute atomic E-state index is 0.0352. The summed E-state index contributed by atoms with van der Waals surface area (Å²) < 4.78 is 38.3. The predicted octanol–water partition coefficient (Wildman–Crippen LogP) is 2.14. The fourth-order valence-corrected chi connectivity index (χ4v) is 3.35. The number of fused-ring (bicyclic) bond motifs is 1. The predicted molar refractivity (Wildman–Crippen MR) is 90.4 cm³/mol. The Bertz CT molecular complexity index is 929. The summed E-state index contributed by atoms with van der Waals surface area (Å²) in [7, 11) is -3.96. The van der Waals surface area contributed by atoms with Gasteiger partial charge in [-0.1, -0.05) is 0 Å². The van der Waals surface area contributed by atoms with Crippen LogP contribution in [0, 0.1) is 10.1 Å². The van der Waals surface area contributed by atoms with E-state index < -0.39 is 14.9 Å². The van der Waals surface area contributed by atoms with Gasteiger partial charge in [0.05, 0.1) is 28.7 Å². The van der Waals surface area contributed by atoms with Gasteiger partial charge in [-0.05, 0) is 24.3 Å². The zero-order valence-electron chi connectivity index (χ0n) is 13.0. The normalized spacial score (nSPS) is 13.8. The maximum Gasteiger partial charge on any atom is 0.294 e. The SMILES string of the molecule is Nc1ccc(NS(=O)(=O)c2ccc3c(c2)OCCCO3)cc1[N+](=O)[O-]. The second-order valence-electron chi connectivity index (χ2n) is 5.30. The van der Waals surface area contributed by atoms with Crippen molar-refractivity contribution in [3.63, 3.8) is 0 Å². The van der Waals surface area contributed by atoms with Crippen LogP contribution < -0.4 is 19.9 Å². The number of hydrogen-bond acceptors (Lipinski definition) is 7. The van der Waals surface area contributed by atoms with Gasteiger partial charge in [0.2, 0.25) is 0 Å². The van der Waals surface area contributed by atoms with Gasteiger partial charge in [-0.15, -0.1) is 0 Å². The molecule has 10 heteroatoms. The van der Waals surface area contributed by atoms with Crippen molar-refractivity contribution in [3.8, 4) is 11.5 Å². The first-order valence-electron chi connectivity index (χ1n) is 7.33. The number of nitrogens with two attached hydrogens (primary N) is 1. The molecule has 0 radical (unpaired) electrons. The first-order chi connectivity index (χ1) is 11.9. The molecule has 1 aliphatic heterocycles. The lowest BCUT2D eigenvalue weighted by molar-refractivity contribution is -0.383. The summed E-state index contributed by atoms with van der Waals surface area (Å²) in [5.41, 5.74) is 5.11. The average molecular weight is 365 g/mol. The molecule has 0 atom stereocenters. The number of sulfonamides is 1. The Morgan fingerprint density at radius 2 is 1.80 bits per heavy atom. The second kappa shape index (κ2) is 6.48. The molecule has 1 aliphatic rings. The van der Waals surface area contributed by atoms with Crippen molar-refractivity contribution < 1.29 is 22.8 Å². The van der Waals surface area contributed by atoms with E-state index in [9.17, 15) is 18.5 Å². The zero-order chi connectivity index (χ0) is 18.0. The summed E-state index contributed by atoms with van der Waals surface area (Å²) in [5, 5.41) is 10.9. The smallest absolute Gasteiger partial charge is 0.294 e. The third kappa shape index (κ3) is 3.58. The molecule has 0 bridgehead atoms. The molecule has 0 aromatic heterocycles. The van der Waals surface area contributed by atoms with Crippen LogP contribution in [0.2, 0.25) is 0 Å². The van der Waals surface area contributed by atoms with E-state index in [4.69, 9.17) is 15.2 Å². The molecule has 0 spiro atoms. The number of benzene rings is 2. The van der Waals surface area contributed by atoms with Crippen LogP contribution in [-0.4, -0.2) is 26.6 Å². The second-order valence-corrected chi connectivity index (χ2v) is 6.98. The first-order valence-corrected chi connectivity index (χ1v) is 8.81. The van der Waals surface area contributed by atoms with Crippen LogP contribution >= 0.6 is 0 Å². The molecule has 25 heavy (non-hydrogen) atoms. The fraction of sp³-hybridized carbons (Fsp3) is 0.200. The number of ether oxygens (including phenoxy) is 2. The van der Waals surface area contributed by atoms with Crippen LogP contribution in [0.3, 0.4) is 0 Å². The number of rotatable bonds is 4. The highest BCUT2D eigenvalue weighted by molar-refractivity contribution is 7.92. The van der Waals surface area contributed by atoms with Crippen LogP contribution in [-0.2, 0) is 10.0 Å². The lowest BCUT2D eigenvalue weighted by Gasteiger charge is -2.11. The molecular weight excluding hydrogens is 350 g/mol. The summed E-state index contributed by atoms with van der Waals surface area (Å²) in [4.78, 5) is 10.2. The molecule has 0 saturated carbocycles. The average Bonchev–Trinajstić information content (AvgIpc) is 2.80. The van der Waals surface area contributed by atoms with Gasteiger partial charge in [0, 0.05) is 18.6 Å². The van der Waals surface area contributed by atoms with E-state index in [0.29, 0.717) is 31.1 Å². The van der Waals surface area contributed by atoms with Crippen LogP contribution in [0.25, 0.3) is 0 Å². The van der Waals surface area contributed by atoms with Gasteiger partial charge in [-0.2, -0.15) is 0 Å². The highest BCUT2D eigenvalue weighted by Gasteiger charge is 2.20. The van der Waals surface area contributed by atoms with E-state index in [0.717, 1.165) is 6.07 Å². The molecule has 3 rings (SSSR count). The highest BCUT2D eigenvalue weighted by atomic mass is 32.2. The lowest BCUT2D eigenvalue weighted by Crippen LogP contribution is -2.13. The quantitative estimate of drug-likeness (QED) is 0.481. The Morgan fingerprint density at radius 3 is 2.52 bits per heavy atom. The van der Waals surface area contributed by atoms with Gasteiger partial charge < -0.3 is 15.2 Å². The van der Waals surface area contributed by atoms with Gasteiger partial charge in [0.1, 0.15) is 5.69 Å². The third-order valence-corrected chi connectivity index (χ3v) is 4.89. The molecule has 2 aromatic rings. The van der Waals surface area contributed by atoms with Crippen molar-refractivity contribution in [1.29, 1.82) is 0 Å². The van der Waals surface area contributed by atoms with Crippen LogP contribution in [0.4, 0.5) is 17.1 Å². The van der Waals surface area contributed by atoms with Crippen molar-refractivity contribution in [2.45, 2.75) is 11.3 Å². The summed E-state index contributed by atoms with van der Waals surface area (Å²) in [5.74, 6) is 0.809. The number of nitro benzene ring substituents is 1. The van der Waals surface area contributed by atoms with Gasteiger partial charge in [-0.25, -0.2) is 8.42 Å². The topological polar surface area (TPSA) is 134 Å². The van der Waals surface area contributed by atoms with Gasteiger partial charge >= 0.3 is 0 Å². The van der Waals surface area contributed by atoms with E-state index in [1.165, 1.54) is 30.3 Å². The Labute approximate surface area is 143 Å². The maximum atomic E-state index is 12.5. The Morgan fingerprint density at radius 1 is 1.08 bits per heavy atom. The largest absolute Gasteiger partial charge is 0.490 e. The standard InChI is InChI=1S/C15H15N3O6S/c16-12-4-2-10(8-13(12)18(19)20)17-25(21,22)11-3-5-14-15(9-11)24-7-1-6-23-14/h2-5,8-9,17H,1,6-7,16H2. The number of nitro groups is 1. The number of hydrogen-bond donors (Lipinski definition) is 2. The molecule has 1 heterocycles. The van der Waals surface area contributed by atoms with Gasteiger partial charge in [0.25, 0.3) is 15.7 Å². The molecule has 0 aliphatic carbocycles. The zero-order valence-corrected chi connectivity index (χ0v) is 13.8. The van der Waals surface area contributed by atoms with Crippen LogP contribution in [0.1, 0.15) is 6.42 Å². The van der Waals surface area contributed by atoms with E-state index >= 15 is 0 Å². The first kappa shape index (κ1) is 16.8. The number of nitrogens with one attached hydrogen (secondary N) is 1. The van der Waals surface area contributed by atoms with Gasteiger partial charge in [0.15, 0.2) is 11.5 Å². The monoisotopic (exact) mass is 365 g/mol. The fourth-order valence-electron chi connectivity index (χ4n) is 2.29. The Balaban J connectivity index is 1.91. The van der Waals surface area contributed by atoms with Crippen molar-refractivity contribution in [2.75, 3.05) is 23.7 Å². The van der Waals surface area contributed by atoms with Crippen LogP contribution in [0.15, 0.2) is 41.3 Å². The van der Waals surface area contributed by atoms with Gasteiger partial charge in [-0.3, -0.25) is 14.8 Å². The minimum Gasteiger partial charge on any atom is -0.490 e. The Hall–Kier alpha value is -3.01. The Kier molecular flexibility index (Phi) is 4.36. The van der Waals surface area contributed by atoms with E-state index in [2.05, 4.69) is 4.72 Å².